The van der Waals surface area contributed by atoms with Crippen molar-refractivity contribution in [2.75, 3.05) is 13.1 Å². The van der Waals surface area contributed by atoms with Gasteiger partial charge in [-0.2, -0.15) is 5.10 Å². The molecule has 1 aliphatic heterocycles. The number of piperidine rings is 1. The lowest BCUT2D eigenvalue weighted by molar-refractivity contribution is 0.240. The molecule has 0 aliphatic carbocycles. The quantitative estimate of drug-likeness (QED) is 0.665. The average molecular weight is 189 g/mol. The van der Waals surface area contributed by atoms with Crippen LogP contribution < -0.4 is 0 Å². The summed E-state index contributed by atoms with van der Waals surface area (Å²) in [5.41, 5.74) is 0.929. The zero-order valence-electron chi connectivity index (χ0n) is 8.26. The van der Waals surface area contributed by atoms with Crippen molar-refractivity contribution in [3.05, 3.63) is 30.1 Å². The van der Waals surface area contributed by atoms with Gasteiger partial charge in [0.25, 0.3) is 0 Å². The van der Waals surface area contributed by atoms with Gasteiger partial charge in [-0.25, -0.2) is 0 Å². The summed E-state index contributed by atoms with van der Waals surface area (Å²) < 4.78 is 0. The molecule has 0 unspecified atom stereocenters. The Morgan fingerprint density at radius 2 is 2.07 bits per heavy atom. The minimum Gasteiger partial charge on any atom is -0.297 e. The third-order valence-corrected chi connectivity index (χ3v) is 2.37. The molecule has 2 rings (SSSR count). The van der Waals surface area contributed by atoms with E-state index in [0.29, 0.717) is 0 Å². The molecule has 3 heteroatoms. The number of hydrogen-bond acceptors (Lipinski definition) is 3. The van der Waals surface area contributed by atoms with E-state index in [0.717, 1.165) is 18.8 Å². The number of hydrogen-bond donors (Lipinski definition) is 0. The predicted molar refractivity (Wildman–Crippen MR) is 57.3 cm³/mol. The summed E-state index contributed by atoms with van der Waals surface area (Å²) in [7, 11) is 0. The van der Waals surface area contributed by atoms with Gasteiger partial charge >= 0.3 is 0 Å². The summed E-state index contributed by atoms with van der Waals surface area (Å²) >= 11 is 0. The SMILES string of the molecule is C(=NN1CCCCC1)c1ccccn1. The molecule has 74 valence electrons. The molecule has 0 bridgehead atoms. The van der Waals surface area contributed by atoms with Crippen LogP contribution in [0.25, 0.3) is 0 Å². The Morgan fingerprint density at radius 3 is 2.79 bits per heavy atom. The van der Waals surface area contributed by atoms with E-state index in [1.807, 2.05) is 24.4 Å². The maximum absolute atomic E-state index is 4.40. The van der Waals surface area contributed by atoms with Gasteiger partial charge < -0.3 is 0 Å². The summed E-state index contributed by atoms with van der Waals surface area (Å²) in [4.78, 5) is 4.19. The molecule has 0 radical (unpaired) electrons. The van der Waals surface area contributed by atoms with Crippen LogP contribution in [0.15, 0.2) is 29.5 Å². The Balaban J connectivity index is 1.93. The number of pyridine rings is 1. The highest BCUT2D eigenvalue weighted by atomic mass is 15.4. The van der Waals surface area contributed by atoms with E-state index in [1.165, 1.54) is 19.3 Å². The van der Waals surface area contributed by atoms with Crippen LogP contribution in [-0.2, 0) is 0 Å². The minimum atomic E-state index is 0.929. The zero-order chi connectivity index (χ0) is 9.64. The van der Waals surface area contributed by atoms with Crippen LogP contribution in [0.3, 0.4) is 0 Å². The molecule has 1 aromatic rings. The second kappa shape index (κ2) is 4.74. The van der Waals surface area contributed by atoms with E-state index < -0.39 is 0 Å². The van der Waals surface area contributed by atoms with Crippen molar-refractivity contribution in [1.29, 1.82) is 0 Å². The van der Waals surface area contributed by atoms with Crippen molar-refractivity contribution >= 4 is 6.21 Å². The second-order valence-corrected chi connectivity index (χ2v) is 3.51. The first-order valence-corrected chi connectivity index (χ1v) is 5.15. The molecule has 0 saturated carbocycles. The number of nitrogens with zero attached hydrogens (tertiary/aromatic N) is 3. The molecule has 0 N–H and O–H groups in total. The lowest BCUT2D eigenvalue weighted by Gasteiger charge is -2.23. The normalized spacial score (nSPS) is 17.6. The van der Waals surface area contributed by atoms with Crippen LogP contribution in [-0.4, -0.2) is 29.3 Å². The van der Waals surface area contributed by atoms with Gasteiger partial charge in [-0.15, -0.1) is 0 Å². The van der Waals surface area contributed by atoms with E-state index in [-0.39, 0.29) is 0 Å². The van der Waals surface area contributed by atoms with Gasteiger partial charge in [0.15, 0.2) is 0 Å². The zero-order valence-corrected chi connectivity index (χ0v) is 8.26. The molecule has 14 heavy (non-hydrogen) atoms. The van der Waals surface area contributed by atoms with E-state index in [2.05, 4.69) is 15.1 Å². The number of aromatic nitrogens is 1. The van der Waals surface area contributed by atoms with Crippen molar-refractivity contribution in [2.24, 2.45) is 5.10 Å². The van der Waals surface area contributed by atoms with Crippen LogP contribution in [0.4, 0.5) is 0 Å². The number of rotatable bonds is 2. The highest BCUT2D eigenvalue weighted by molar-refractivity contribution is 5.76. The summed E-state index contributed by atoms with van der Waals surface area (Å²) in [5, 5.41) is 6.52. The topological polar surface area (TPSA) is 28.5 Å². The molecule has 0 atom stereocenters. The summed E-state index contributed by atoms with van der Waals surface area (Å²) in [6, 6.07) is 5.86. The standard InChI is InChI=1S/C11H15N3/c1-4-8-14(9-5-1)13-10-11-6-2-3-7-12-11/h2-3,6-7,10H,1,4-5,8-9H2. The first-order chi connectivity index (χ1) is 6.95. The Morgan fingerprint density at radius 1 is 1.21 bits per heavy atom. The monoisotopic (exact) mass is 189 g/mol. The Labute approximate surface area is 84.5 Å². The van der Waals surface area contributed by atoms with Gasteiger partial charge in [-0.1, -0.05) is 6.07 Å². The van der Waals surface area contributed by atoms with Gasteiger partial charge in [0.05, 0.1) is 11.9 Å². The van der Waals surface area contributed by atoms with Gasteiger partial charge in [0.1, 0.15) is 0 Å². The molecule has 1 saturated heterocycles. The predicted octanol–water partition coefficient (Wildman–Crippen LogP) is 1.90. The molecular weight excluding hydrogens is 174 g/mol. The molecule has 1 fully saturated rings. The van der Waals surface area contributed by atoms with E-state index in [1.54, 1.807) is 6.20 Å². The highest BCUT2D eigenvalue weighted by Gasteiger charge is 2.05. The molecule has 1 aliphatic rings. The van der Waals surface area contributed by atoms with E-state index >= 15 is 0 Å². The summed E-state index contributed by atoms with van der Waals surface area (Å²) in [6.07, 6.45) is 7.50. The third-order valence-electron chi connectivity index (χ3n) is 2.37. The van der Waals surface area contributed by atoms with Crippen LogP contribution in [0.1, 0.15) is 25.0 Å². The average Bonchev–Trinajstić information content (AvgIpc) is 2.29. The molecule has 3 nitrogen and oxygen atoms in total. The maximum atomic E-state index is 4.40. The molecule has 0 spiro atoms. The Hall–Kier alpha value is -1.38. The van der Waals surface area contributed by atoms with Crippen LogP contribution >= 0.6 is 0 Å². The smallest absolute Gasteiger partial charge is 0.0830 e. The van der Waals surface area contributed by atoms with Crippen molar-refractivity contribution in [3.63, 3.8) is 0 Å². The van der Waals surface area contributed by atoms with Gasteiger partial charge in [-0.05, 0) is 31.4 Å². The molecule has 2 heterocycles. The molecule has 1 aromatic heterocycles. The third kappa shape index (κ3) is 2.55. The van der Waals surface area contributed by atoms with E-state index in [4.69, 9.17) is 0 Å². The summed E-state index contributed by atoms with van der Waals surface area (Å²) in [5.74, 6) is 0. The lowest BCUT2D eigenvalue weighted by atomic mass is 10.2. The second-order valence-electron chi connectivity index (χ2n) is 3.51. The lowest BCUT2D eigenvalue weighted by Crippen LogP contribution is -2.24. The fourth-order valence-electron chi connectivity index (χ4n) is 1.59. The van der Waals surface area contributed by atoms with Crippen molar-refractivity contribution < 1.29 is 0 Å². The van der Waals surface area contributed by atoms with E-state index in [9.17, 15) is 0 Å². The van der Waals surface area contributed by atoms with Gasteiger partial charge in [-0.3, -0.25) is 9.99 Å². The summed E-state index contributed by atoms with van der Waals surface area (Å²) in [6.45, 7) is 2.17. The van der Waals surface area contributed by atoms with Crippen molar-refractivity contribution in [2.45, 2.75) is 19.3 Å². The Bertz CT molecular complexity index is 289. The fraction of sp³-hybridized carbons (Fsp3) is 0.455. The number of hydrazone groups is 1. The Kier molecular flexibility index (Phi) is 3.11. The van der Waals surface area contributed by atoms with Gasteiger partial charge in [0, 0.05) is 19.3 Å². The molecular formula is C11H15N3. The first kappa shape index (κ1) is 9.19. The maximum Gasteiger partial charge on any atom is 0.0830 e. The fourth-order valence-corrected chi connectivity index (χ4v) is 1.59. The minimum absolute atomic E-state index is 0.929. The molecule has 0 aromatic carbocycles. The largest absolute Gasteiger partial charge is 0.297 e. The van der Waals surface area contributed by atoms with Crippen LogP contribution in [0.5, 0.6) is 0 Å². The van der Waals surface area contributed by atoms with Gasteiger partial charge in [0.2, 0.25) is 0 Å². The van der Waals surface area contributed by atoms with Crippen LogP contribution in [0.2, 0.25) is 0 Å². The highest BCUT2D eigenvalue weighted by Crippen LogP contribution is 2.08. The first-order valence-electron chi connectivity index (χ1n) is 5.15. The van der Waals surface area contributed by atoms with Crippen molar-refractivity contribution in [3.8, 4) is 0 Å². The van der Waals surface area contributed by atoms with Crippen LogP contribution in [0, 0.1) is 0 Å². The van der Waals surface area contributed by atoms with Crippen molar-refractivity contribution in [1.82, 2.24) is 9.99 Å². The molecule has 0 amide bonds.